The van der Waals surface area contributed by atoms with E-state index in [2.05, 4.69) is 5.32 Å². The van der Waals surface area contributed by atoms with Crippen LogP contribution in [0.2, 0.25) is 0 Å². The Hall–Kier alpha value is -1.26. The second-order valence-electron chi connectivity index (χ2n) is 8.55. The first kappa shape index (κ1) is 21.0. The minimum Gasteiger partial charge on any atom is -0.388 e. The highest BCUT2D eigenvalue weighted by atomic mass is 16.6. The second-order valence-corrected chi connectivity index (χ2v) is 8.55. The van der Waals surface area contributed by atoms with Crippen molar-refractivity contribution in [2.24, 2.45) is 0 Å². The van der Waals surface area contributed by atoms with Gasteiger partial charge in [0.05, 0.1) is 37.9 Å². The van der Waals surface area contributed by atoms with Crippen LogP contribution in [0, 0.1) is 0 Å². The Balaban J connectivity index is 1.18. The summed E-state index contributed by atoms with van der Waals surface area (Å²) in [6.07, 6.45) is 1.11. The van der Waals surface area contributed by atoms with Crippen molar-refractivity contribution in [3.8, 4) is 0 Å². The van der Waals surface area contributed by atoms with E-state index in [1.165, 1.54) is 0 Å². The first-order chi connectivity index (χ1) is 14.0. The van der Waals surface area contributed by atoms with Crippen LogP contribution in [0.4, 0.5) is 0 Å². The number of morpholine rings is 1. The van der Waals surface area contributed by atoms with Gasteiger partial charge in [-0.25, -0.2) is 0 Å². The van der Waals surface area contributed by atoms with E-state index in [9.17, 15) is 14.7 Å². The van der Waals surface area contributed by atoms with Gasteiger partial charge in [-0.2, -0.15) is 0 Å². The Morgan fingerprint density at radius 1 is 1.07 bits per heavy atom. The molecule has 0 radical (unpaired) electrons. The molecule has 4 saturated heterocycles. The predicted octanol–water partition coefficient (Wildman–Crippen LogP) is -0.878. The minimum absolute atomic E-state index is 0.0860. The van der Waals surface area contributed by atoms with Crippen LogP contribution in [0.25, 0.3) is 0 Å². The summed E-state index contributed by atoms with van der Waals surface area (Å²) in [4.78, 5) is 27.5. The highest BCUT2D eigenvalue weighted by Gasteiger charge is 2.50. The summed E-state index contributed by atoms with van der Waals surface area (Å²) in [6, 6.07) is 0.335. The van der Waals surface area contributed by atoms with Gasteiger partial charge in [0.2, 0.25) is 11.8 Å². The van der Waals surface area contributed by atoms with Crippen LogP contribution < -0.4 is 5.32 Å². The van der Waals surface area contributed by atoms with Crippen molar-refractivity contribution in [2.75, 3.05) is 45.9 Å². The summed E-state index contributed by atoms with van der Waals surface area (Å²) in [7, 11) is 0. The van der Waals surface area contributed by atoms with E-state index in [0.717, 1.165) is 25.9 Å². The smallest absolute Gasteiger partial charge is 0.225 e. The minimum atomic E-state index is -0.687. The van der Waals surface area contributed by atoms with Crippen LogP contribution in [0.3, 0.4) is 0 Å². The maximum atomic E-state index is 12.4. The van der Waals surface area contributed by atoms with E-state index in [1.807, 2.05) is 9.80 Å². The normalized spacial score (nSPS) is 35.7. The fourth-order valence-corrected chi connectivity index (χ4v) is 4.83. The molecule has 4 rings (SSSR count). The number of nitrogens with one attached hydrogen (secondary N) is 1. The molecule has 0 aliphatic carbocycles. The predicted molar refractivity (Wildman–Crippen MR) is 103 cm³/mol. The molecule has 0 bridgehead atoms. The Morgan fingerprint density at radius 2 is 1.79 bits per heavy atom. The molecule has 0 aromatic rings. The van der Waals surface area contributed by atoms with Crippen LogP contribution in [0.1, 0.15) is 32.6 Å². The lowest BCUT2D eigenvalue weighted by molar-refractivity contribution is -0.139. The van der Waals surface area contributed by atoms with Gasteiger partial charge in [-0.15, -0.1) is 0 Å². The summed E-state index contributed by atoms with van der Waals surface area (Å²) in [6.45, 7) is 6.17. The number of hydrogen-bond acceptors (Lipinski definition) is 7. The number of aliphatic hydroxyl groups is 1. The molecule has 9 heteroatoms. The highest BCUT2D eigenvalue weighted by Crippen LogP contribution is 2.35. The van der Waals surface area contributed by atoms with E-state index in [4.69, 9.17) is 14.2 Å². The lowest BCUT2D eigenvalue weighted by Gasteiger charge is -2.32. The maximum absolute atomic E-state index is 12.4. The standard InChI is InChI=1S/C20H33N3O6/c1-13(24)22-4-2-14(3-5-22)21-12-17-19(26)20-16(29-17)10-15(28-20)11-18(25)23-6-8-27-9-7-23/h14-17,19-21,26H,2-12H2,1H3/t15-,16+,17+,19+,20-/m0/s1. The topological polar surface area (TPSA) is 101 Å². The van der Waals surface area contributed by atoms with Crippen LogP contribution in [-0.4, -0.2) is 109 Å². The fraction of sp³-hybridized carbons (Fsp3) is 0.900. The zero-order valence-electron chi connectivity index (χ0n) is 17.1. The molecule has 29 heavy (non-hydrogen) atoms. The van der Waals surface area contributed by atoms with Gasteiger partial charge in [-0.05, 0) is 12.8 Å². The molecular weight excluding hydrogens is 378 g/mol. The monoisotopic (exact) mass is 411 g/mol. The lowest BCUT2D eigenvalue weighted by atomic mass is 10.0. The van der Waals surface area contributed by atoms with E-state index in [1.54, 1.807) is 6.92 Å². The van der Waals surface area contributed by atoms with Crippen molar-refractivity contribution in [1.29, 1.82) is 0 Å². The number of carbonyl (C=O) groups excluding carboxylic acids is 2. The first-order valence-corrected chi connectivity index (χ1v) is 10.8. The lowest BCUT2D eigenvalue weighted by Crippen LogP contribution is -2.47. The molecule has 4 aliphatic heterocycles. The van der Waals surface area contributed by atoms with Gasteiger partial charge < -0.3 is 34.4 Å². The second kappa shape index (κ2) is 9.26. The fourth-order valence-electron chi connectivity index (χ4n) is 4.83. The number of fused-ring (bicyclic) bond motifs is 1. The van der Waals surface area contributed by atoms with Gasteiger partial charge in [-0.1, -0.05) is 0 Å². The molecule has 164 valence electrons. The quantitative estimate of drug-likeness (QED) is 0.606. The van der Waals surface area contributed by atoms with Crippen molar-refractivity contribution in [2.45, 2.75) is 69.2 Å². The molecule has 2 N–H and O–H groups in total. The molecule has 4 fully saturated rings. The highest BCUT2D eigenvalue weighted by molar-refractivity contribution is 5.76. The van der Waals surface area contributed by atoms with Crippen molar-refractivity contribution in [3.63, 3.8) is 0 Å². The number of rotatable bonds is 5. The number of piperidine rings is 1. The van der Waals surface area contributed by atoms with Crippen molar-refractivity contribution in [1.82, 2.24) is 15.1 Å². The Labute approximate surface area is 171 Å². The number of aliphatic hydroxyl groups excluding tert-OH is 1. The summed E-state index contributed by atoms with van der Waals surface area (Å²) in [5.74, 6) is 0.215. The summed E-state index contributed by atoms with van der Waals surface area (Å²) in [5, 5.41) is 14.1. The summed E-state index contributed by atoms with van der Waals surface area (Å²) in [5.41, 5.74) is 0. The molecule has 4 aliphatic rings. The van der Waals surface area contributed by atoms with E-state index < -0.39 is 6.10 Å². The van der Waals surface area contributed by atoms with Gasteiger partial charge in [0.15, 0.2) is 0 Å². The van der Waals surface area contributed by atoms with Gasteiger partial charge >= 0.3 is 0 Å². The Kier molecular flexibility index (Phi) is 6.70. The summed E-state index contributed by atoms with van der Waals surface area (Å²) >= 11 is 0. The average molecular weight is 411 g/mol. The molecule has 4 heterocycles. The number of amides is 2. The zero-order valence-corrected chi connectivity index (χ0v) is 17.1. The van der Waals surface area contributed by atoms with Gasteiger partial charge in [0.25, 0.3) is 0 Å². The van der Waals surface area contributed by atoms with Crippen LogP contribution in [-0.2, 0) is 23.8 Å². The third kappa shape index (κ3) is 4.91. The molecule has 0 aromatic heterocycles. The molecular formula is C20H33N3O6. The SMILES string of the molecule is CC(=O)N1CCC(NC[C@H]2O[C@@H]3C[C@@H](CC(=O)N4CCOCC4)O[C@@H]3[C@@H]2O)CC1. The van der Waals surface area contributed by atoms with E-state index in [0.29, 0.717) is 51.7 Å². The van der Waals surface area contributed by atoms with Gasteiger partial charge in [0, 0.05) is 52.1 Å². The molecule has 0 spiro atoms. The maximum Gasteiger partial charge on any atom is 0.225 e. The summed E-state index contributed by atoms with van der Waals surface area (Å²) < 4.78 is 17.3. The van der Waals surface area contributed by atoms with Crippen molar-refractivity contribution < 1.29 is 28.9 Å². The first-order valence-electron chi connectivity index (χ1n) is 10.8. The van der Waals surface area contributed by atoms with E-state index >= 15 is 0 Å². The average Bonchev–Trinajstić information content (AvgIpc) is 3.25. The van der Waals surface area contributed by atoms with Gasteiger partial charge in [0.1, 0.15) is 12.2 Å². The molecule has 0 aromatic carbocycles. The molecule has 9 nitrogen and oxygen atoms in total. The largest absolute Gasteiger partial charge is 0.388 e. The number of ether oxygens (including phenoxy) is 3. The Bertz CT molecular complexity index is 591. The molecule has 2 amide bonds. The Morgan fingerprint density at radius 3 is 2.45 bits per heavy atom. The third-order valence-electron chi connectivity index (χ3n) is 6.59. The number of nitrogens with zero attached hydrogens (tertiary/aromatic N) is 2. The molecule has 0 saturated carbocycles. The van der Waals surface area contributed by atoms with Crippen molar-refractivity contribution in [3.05, 3.63) is 0 Å². The molecule has 0 unspecified atom stereocenters. The number of hydrogen-bond donors (Lipinski definition) is 2. The zero-order chi connectivity index (χ0) is 20.4. The van der Waals surface area contributed by atoms with Crippen LogP contribution in [0.15, 0.2) is 0 Å². The van der Waals surface area contributed by atoms with E-state index in [-0.39, 0.29) is 36.2 Å². The third-order valence-corrected chi connectivity index (χ3v) is 6.59. The molecule has 5 atom stereocenters. The van der Waals surface area contributed by atoms with Crippen LogP contribution in [0.5, 0.6) is 0 Å². The van der Waals surface area contributed by atoms with Crippen LogP contribution >= 0.6 is 0 Å². The van der Waals surface area contributed by atoms with Crippen molar-refractivity contribution >= 4 is 11.8 Å². The number of carbonyl (C=O) groups is 2. The van der Waals surface area contributed by atoms with Gasteiger partial charge in [-0.3, -0.25) is 9.59 Å². The number of likely N-dealkylation sites (tertiary alicyclic amines) is 1.